The van der Waals surface area contributed by atoms with Crippen LogP contribution in [0.25, 0.3) is 0 Å². The molecule has 120 valence electrons. The minimum absolute atomic E-state index is 0.00864. The molecule has 1 heterocycles. The first-order valence-electron chi connectivity index (χ1n) is 7.54. The number of sulfone groups is 1. The van der Waals surface area contributed by atoms with Gasteiger partial charge in [-0.1, -0.05) is 28.1 Å². The van der Waals surface area contributed by atoms with E-state index in [9.17, 15) is 13.2 Å². The Bertz CT molecular complexity index is 723. The highest BCUT2D eigenvalue weighted by Crippen LogP contribution is 2.38. The summed E-state index contributed by atoms with van der Waals surface area (Å²) in [5, 5.41) is 2.76. The molecule has 1 aromatic carbocycles. The van der Waals surface area contributed by atoms with Crippen molar-refractivity contribution in [2.75, 3.05) is 5.32 Å². The number of carbonyl (C=O) groups excluding carboxylic acids is 1. The van der Waals surface area contributed by atoms with Crippen molar-refractivity contribution in [3.8, 4) is 0 Å². The SMILES string of the molecule is CC1(C)C(=O)Nc2cc(CCC(Br)S(=O)(=O)C3CC3)ccc21. The highest BCUT2D eigenvalue weighted by Gasteiger charge is 2.40. The fraction of sp³-hybridized carbons (Fsp3) is 0.562. The van der Waals surface area contributed by atoms with Crippen molar-refractivity contribution in [1.29, 1.82) is 0 Å². The largest absolute Gasteiger partial charge is 0.325 e. The number of hydrogen-bond acceptors (Lipinski definition) is 3. The summed E-state index contributed by atoms with van der Waals surface area (Å²) in [6, 6.07) is 5.93. The van der Waals surface area contributed by atoms with Crippen LogP contribution in [0.3, 0.4) is 0 Å². The third-order valence-corrected chi connectivity index (χ3v) is 8.95. The van der Waals surface area contributed by atoms with E-state index in [-0.39, 0.29) is 11.2 Å². The molecular weight excluding hydrogens is 366 g/mol. The number of nitrogens with one attached hydrogen (secondary N) is 1. The van der Waals surface area contributed by atoms with E-state index in [2.05, 4.69) is 21.2 Å². The van der Waals surface area contributed by atoms with E-state index in [4.69, 9.17) is 0 Å². The van der Waals surface area contributed by atoms with Crippen molar-refractivity contribution in [3.63, 3.8) is 0 Å². The van der Waals surface area contributed by atoms with Crippen LogP contribution in [0.2, 0.25) is 0 Å². The molecule has 6 heteroatoms. The molecule has 1 atom stereocenters. The third kappa shape index (κ3) is 2.71. The molecule has 0 spiro atoms. The number of amides is 1. The fourth-order valence-corrected chi connectivity index (χ4v) is 5.65. The van der Waals surface area contributed by atoms with E-state index < -0.39 is 19.4 Å². The average Bonchev–Trinajstić information content (AvgIpc) is 3.26. The van der Waals surface area contributed by atoms with E-state index in [1.165, 1.54) is 0 Å². The van der Waals surface area contributed by atoms with Crippen LogP contribution in [0.4, 0.5) is 5.69 Å². The second kappa shape index (κ2) is 5.34. The van der Waals surface area contributed by atoms with Crippen LogP contribution in [0.5, 0.6) is 0 Å². The summed E-state index contributed by atoms with van der Waals surface area (Å²) in [4.78, 5) is 11.9. The number of rotatable bonds is 5. The molecule has 4 nitrogen and oxygen atoms in total. The highest BCUT2D eigenvalue weighted by atomic mass is 79.9. The van der Waals surface area contributed by atoms with Crippen molar-refractivity contribution < 1.29 is 13.2 Å². The molecule has 1 N–H and O–H groups in total. The molecule has 2 aliphatic rings. The smallest absolute Gasteiger partial charge is 0.234 e. The number of hydrogen-bond donors (Lipinski definition) is 1. The number of fused-ring (bicyclic) bond motifs is 1. The molecule has 0 bridgehead atoms. The zero-order valence-electron chi connectivity index (χ0n) is 12.7. The van der Waals surface area contributed by atoms with Gasteiger partial charge in [0.05, 0.1) is 10.7 Å². The van der Waals surface area contributed by atoms with Crippen molar-refractivity contribution in [1.82, 2.24) is 0 Å². The molecule has 22 heavy (non-hydrogen) atoms. The molecule has 1 aromatic rings. The third-order valence-electron chi connectivity index (χ3n) is 4.58. The summed E-state index contributed by atoms with van der Waals surface area (Å²) in [5.41, 5.74) is 2.40. The second-order valence-electron chi connectivity index (χ2n) is 6.70. The zero-order valence-corrected chi connectivity index (χ0v) is 15.1. The number of aryl methyl sites for hydroxylation is 1. The molecule has 0 saturated heterocycles. The van der Waals surface area contributed by atoms with E-state index in [0.29, 0.717) is 12.8 Å². The molecule has 1 aliphatic heterocycles. The van der Waals surface area contributed by atoms with E-state index in [0.717, 1.165) is 29.7 Å². The Labute approximate surface area is 139 Å². The van der Waals surface area contributed by atoms with E-state index >= 15 is 0 Å². The molecule has 1 fully saturated rings. The van der Waals surface area contributed by atoms with Gasteiger partial charge in [-0.15, -0.1) is 0 Å². The van der Waals surface area contributed by atoms with Gasteiger partial charge in [0, 0.05) is 5.69 Å². The monoisotopic (exact) mass is 385 g/mol. The summed E-state index contributed by atoms with van der Waals surface area (Å²) in [5.74, 6) is 0.00864. The zero-order chi connectivity index (χ0) is 16.1. The predicted molar refractivity (Wildman–Crippen MR) is 91.1 cm³/mol. The first-order valence-corrected chi connectivity index (χ1v) is 10.1. The Balaban J connectivity index is 1.70. The lowest BCUT2D eigenvalue weighted by Crippen LogP contribution is -2.26. The Morgan fingerprint density at radius 3 is 2.68 bits per heavy atom. The predicted octanol–water partition coefficient (Wildman–Crippen LogP) is 3.15. The molecule has 1 saturated carbocycles. The molecule has 3 rings (SSSR count). The first-order chi connectivity index (χ1) is 10.2. The number of alkyl halides is 1. The summed E-state index contributed by atoms with van der Waals surface area (Å²) in [7, 11) is -3.03. The van der Waals surface area contributed by atoms with Crippen molar-refractivity contribution in [3.05, 3.63) is 29.3 Å². The topological polar surface area (TPSA) is 63.2 Å². The van der Waals surface area contributed by atoms with Gasteiger partial charge in [-0.25, -0.2) is 8.42 Å². The minimum Gasteiger partial charge on any atom is -0.325 e. The van der Waals surface area contributed by atoms with Crippen LogP contribution in [0, 0.1) is 0 Å². The van der Waals surface area contributed by atoms with Gasteiger partial charge in [-0.3, -0.25) is 4.79 Å². The average molecular weight is 386 g/mol. The van der Waals surface area contributed by atoms with E-state index in [1.807, 2.05) is 32.0 Å². The Morgan fingerprint density at radius 1 is 1.36 bits per heavy atom. The van der Waals surface area contributed by atoms with Crippen molar-refractivity contribution >= 4 is 37.4 Å². The van der Waals surface area contributed by atoms with Gasteiger partial charge < -0.3 is 5.32 Å². The van der Waals surface area contributed by atoms with Crippen LogP contribution >= 0.6 is 15.9 Å². The van der Waals surface area contributed by atoms with Crippen molar-refractivity contribution in [2.45, 2.75) is 54.4 Å². The highest BCUT2D eigenvalue weighted by molar-refractivity contribution is 9.11. The van der Waals surface area contributed by atoms with Gasteiger partial charge in [-0.05, 0) is 56.7 Å². The Hall–Kier alpha value is -0.880. The molecule has 1 amide bonds. The number of halogens is 1. The van der Waals surface area contributed by atoms with Crippen LogP contribution in [-0.4, -0.2) is 23.7 Å². The van der Waals surface area contributed by atoms with Crippen LogP contribution < -0.4 is 5.32 Å². The summed E-state index contributed by atoms with van der Waals surface area (Å²) in [6.45, 7) is 3.81. The molecule has 0 aromatic heterocycles. The van der Waals surface area contributed by atoms with Gasteiger partial charge in [-0.2, -0.15) is 0 Å². The summed E-state index contributed by atoms with van der Waals surface area (Å²) >= 11 is 3.33. The van der Waals surface area contributed by atoms with Gasteiger partial charge in [0.1, 0.15) is 4.16 Å². The van der Waals surface area contributed by atoms with Crippen molar-refractivity contribution in [2.24, 2.45) is 0 Å². The maximum absolute atomic E-state index is 12.1. The lowest BCUT2D eigenvalue weighted by atomic mass is 9.85. The number of carbonyl (C=O) groups is 1. The molecule has 1 aliphatic carbocycles. The number of anilines is 1. The second-order valence-corrected chi connectivity index (χ2v) is 10.8. The van der Waals surface area contributed by atoms with Crippen LogP contribution in [0.15, 0.2) is 18.2 Å². The summed E-state index contributed by atoms with van der Waals surface area (Å²) < 4.78 is 23.8. The molecule has 1 unspecified atom stereocenters. The van der Waals surface area contributed by atoms with E-state index in [1.54, 1.807) is 0 Å². The summed E-state index contributed by atoms with van der Waals surface area (Å²) in [6.07, 6.45) is 2.81. The quantitative estimate of drug-likeness (QED) is 0.791. The lowest BCUT2D eigenvalue weighted by Gasteiger charge is -2.15. The van der Waals surface area contributed by atoms with Gasteiger partial charge in [0.2, 0.25) is 5.91 Å². The molecule has 0 radical (unpaired) electrons. The maximum atomic E-state index is 12.1. The first kappa shape index (κ1) is 16.0. The van der Waals surface area contributed by atoms with Gasteiger partial charge in [0.15, 0.2) is 9.84 Å². The van der Waals surface area contributed by atoms with Gasteiger partial charge in [0.25, 0.3) is 0 Å². The number of benzene rings is 1. The van der Waals surface area contributed by atoms with Crippen LogP contribution in [0.1, 0.15) is 44.2 Å². The minimum atomic E-state index is -3.03. The Kier molecular flexibility index (Phi) is 3.88. The van der Waals surface area contributed by atoms with Gasteiger partial charge >= 0.3 is 0 Å². The van der Waals surface area contributed by atoms with Crippen LogP contribution in [-0.2, 0) is 26.5 Å². The fourth-order valence-electron chi connectivity index (χ4n) is 2.85. The lowest BCUT2D eigenvalue weighted by molar-refractivity contribution is -0.119. The maximum Gasteiger partial charge on any atom is 0.234 e. The molecular formula is C16H20BrNO3S. The standard InChI is InChI=1S/C16H20BrNO3S/c1-16(2)12-7-3-10(9-13(12)18-15(16)19)4-8-14(17)22(20,21)11-5-6-11/h3,7,9,11,14H,4-6,8H2,1-2H3,(H,18,19). The normalized spacial score (nSPS) is 21.3. The Morgan fingerprint density at radius 2 is 2.05 bits per heavy atom.